The van der Waals surface area contributed by atoms with Crippen LogP contribution in [-0.2, 0) is 4.79 Å². The van der Waals surface area contributed by atoms with E-state index >= 15 is 0 Å². The number of amides is 2. The van der Waals surface area contributed by atoms with Crippen LogP contribution in [0.15, 0.2) is 48.5 Å². The van der Waals surface area contributed by atoms with Crippen molar-refractivity contribution in [2.45, 2.75) is 19.8 Å². The Bertz CT molecular complexity index is 778. The smallest absolute Gasteiger partial charge is 0.258 e. The van der Waals surface area contributed by atoms with Crippen LogP contribution < -0.4 is 16.0 Å². The second kappa shape index (κ2) is 9.47. The van der Waals surface area contributed by atoms with E-state index in [-0.39, 0.29) is 16.9 Å². The SMILES string of the molecule is CCCC(=O)Nc1ccc(NC(=S)NC(=O)c2ccccc2I)cc1. The topological polar surface area (TPSA) is 70.2 Å². The molecule has 0 unspecified atom stereocenters. The van der Waals surface area contributed by atoms with Crippen LogP contribution in [0, 0.1) is 3.57 Å². The van der Waals surface area contributed by atoms with Gasteiger partial charge in [0.05, 0.1) is 5.56 Å². The third kappa shape index (κ3) is 6.09. The van der Waals surface area contributed by atoms with E-state index in [1.807, 2.05) is 19.1 Å². The van der Waals surface area contributed by atoms with E-state index < -0.39 is 0 Å². The zero-order chi connectivity index (χ0) is 18.2. The molecule has 0 aliphatic rings. The van der Waals surface area contributed by atoms with E-state index in [4.69, 9.17) is 12.2 Å². The van der Waals surface area contributed by atoms with E-state index in [0.717, 1.165) is 21.4 Å². The monoisotopic (exact) mass is 467 g/mol. The molecule has 0 heterocycles. The first-order valence-corrected chi connectivity index (χ1v) is 9.25. The van der Waals surface area contributed by atoms with Gasteiger partial charge in [-0.2, -0.15) is 0 Å². The predicted octanol–water partition coefficient (Wildman–Crippen LogP) is 4.16. The highest BCUT2D eigenvalue weighted by Gasteiger charge is 2.11. The zero-order valence-corrected chi connectivity index (χ0v) is 16.6. The number of benzene rings is 2. The summed E-state index contributed by atoms with van der Waals surface area (Å²) >= 11 is 7.28. The van der Waals surface area contributed by atoms with E-state index in [2.05, 4.69) is 38.5 Å². The molecule has 0 atom stereocenters. The number of halogens is 1. The molecule has 3 N–H and O–H groups in total. The fourth-order valence-electron chi connectivity index (χ4n) is 2.07. The Kier molecular flexibility index (Phi) is 7.32. The maximum absolute atomic E-state index is 12.2. The van der Waals surface area contributed by atoms with Crippen molar-refractivity contribution in [3.63, 3.8) is 0 Å². The van der Waals surface area contributed by atoms with E-state index in [0.29, 0.717) is 12.0 Å². The minimum Gasteiger partial charge on any atom is -0.332 e. The van der Waals surface area contributed by atoms with Gasteiger partial charge in [-0.1, -0.05) is 19.1 Å². The van der Waals surface area contributed by atoms with Crippen molar-refractivity contribution in [3.05, 3.63) is 57.7 Å². The number of thiocarbonyl (C=S) groups is 1. The summed E-state index contributed by atoms with van der Waals surface area (Å²) in [5.74, 6) is -0.269. The van der Waals surface area contributed by atoms with E-state index in [1.165, 1.54) is 0 Å². The first-order chi connectivity index (χ1) is 12.0. The summed E-state index contributed by atoms with van der Waals surface area (Å²) in [5, 5.41) is 8.64. The molecule has 25 heavy (non-hydrogen) atoms. The number of carbonyl (C=O) groups excluding carboxylic acids is 2. The molecule has 2 aromatic rings. The third-order valence-electron chi connectivity index (χ3n) is 3.25. The number of anilines is 2. The number of nitrogens with one attached hydrogen (secondary N) is 3. The van der Waals surface area contributed by atoms with Gasteiger partial charge in [0.25, 0.3) is 5.91 Å². The maximum atomic E-state index is 12.2. The summed E-state index contributed by atoms with van der Waals surface area (Å²) in [4.78, 5) is 23.8. The average Bonchev–Trinajstić information content (AvgIpc) is 2.57. The van der Waals surface area contributed by atoms with Crippen LogP contribution in [0.5, 0.6) is 0 Å². The zero-order valence-electron chi connectivity index (χ0n) is 13.6. The van der Waals surface area contributed by atoms with Gasteiger partial charge in [0.15, 0.2) is 5.11 Å². The van der Waals surface area contributed by atoms with Crippen molar-refractivity contribution in [2.75, 3.05) is 10.6 Å². The van der Waals surface area contributed by atoms with E-state index in [9.17, 15) is 9.59 Å². The van der Waals surface area contributed by atoms with E-state index in [1.54, 1.807) is 36.4 Å². The summed E-state index contributed by atoms with van der Waals surface area (Å²) in [7, 11) is 0. The van der Waals surface area contributed by atoms with Crippen LogP contribution in [0.2, 0.25) is 0 Å². The first-order valence-electron chi connectivity index (χ1n) is 7.76. The molecule has 2 amide bonds. The number of rotatable bonds is 5. The normalized spacial score (nSPS) is 10.0. The molecular weight excluding hydrogens is 449 g/mol. The second-order valence-electron chi connectivity index (χ2n) is 5.26. The lowest BCUT2D eigenvalue weighted by Gasteiger charge is -2.11. The molecular formula is C18H18IN3O2S. The Morgan fingerprint density at radius 1 is 1.00 bits per heavy atom. The summed E-state index contributed by atoms with van der Waals surface area (Å²) in [6, 6.07) is 14.4. The second-order valence-corrected chi connectivity index (χ2v) is 6.83. The Hall–Kier alpha value is -2.00. The highest BCUT2D eigenvalue weighted by molar-refractivity contribution is 14.1. The minimum absolute atomic E-state index is 0.0107. The Morgan fingerprint density at radius 2 is 1.60 bits per heavy atom. The van der Waals surface area contributed by atoms with Crippen molar-refractivity contribution in [3.8, 4) is 0 Å². The highest BCUT2D eigenvalue weighted by atomic mass is 127. The molecule has 0 bridgehead atoms. The lowest BCUT2D eigenvalue weighted by atomic mass is 10.2. The largest absolute Gasteiger partial charge is 0.332 e. The van der Waals surface area contributed by atoms with Gasteiger partial charge in [-0.3, -0.25) is 14.9 Å². The Balaban J connectivity index is 1.91. The van der Waals surface area contributed by atoms with Crippen LogP contribution in [0.4, 0.5) is 11.4 Å². The quantitative estimate of drug-likeness (QED) is 0.457. The highest BCUT2D eigenvalue weighted by Crippen LogP contribution is 2.14. The van der Waals surface area contributed by atoms with Gasteiger partial charge in [0.2, 0.25) is 5.91 Å². The molecule has 0 radical (unpaired) electrons. The summed E-state index contributed by atoms with van der Waals surface area (Å²) in [6.07, 6.45) is 1.30. The summed E-state index contributed by atoms with van der Waals surface area (Å²) in [5.41, 5.74) is 2.01. The average molecular weight is 467 g/mol. The van der Waals surface area contributed by atoms with Gasteiger partial charge in [-0.05, 0) is 77.6 Å². The van der Waals surface area contributed by atoms with Gasteiger partial charge >= 0.3 is 0 Å². The number of carbonyl (C=O) groups is 2. The first kappa shape index (κ1) is 19.3. The molecule has 7 heteroatoms. The molecule has 0 spiro atoms. The lowest BCUT2D eigenvalue weighted by Crippen LogP contribution is -2.34. The molecule has 130 valence electrons. The van der Waals surface area contributed by atoms with Crippen molar-refractivity contribution in [1.82, 2.24) is 5.32 Å². The lowest BCUT2D eigenvalue weighted by molar-refractivity contribution is -0.116. The molecule has 0 saturated heterocycles. The van der Waals surface area contributed by atoms with Gasteiger partial charge in [-0.25, -0.2) is 0 Å². The maximum Gasteiger partial charge on any atom is 0.258 e. The van der Waals surface area contributed by atoms with Crippen molar-refractivity contribution >= 4 is 63.1 Å². The van der Waals surface area contributed by atoms with Crippen LogP contribution in [0.25, 0.3) is 0 Å². The van der Waals surface area contributed by atoms with Gasteiger partial charge in [0.1, 0.15) is 0 Å². The van der Waals surface area contributed by atoms with Crippen molar-refractivity contribution in [2.24, 2.45) is 0 Å². The standard InChI is InChI=1S/C18H18IN3O2S/c1-2-5-16(23)20-12-8-10-13(11-9-12)21-18(25)22-17(24)14-6-3-4-7-15(14)19/h3-4,6-11H,2,5H2,1H3,(H,20,23)(H2,21,22,24,25). The molecule has 0 aliphatic heterocycles. The van der Waals surface area contributed by atoms with Gasteiger partial charge < -0.3 is 10.6 Å². The van der Waals surface area contributed by atoms with Crippen molar-refractivity contribution in [1.29, 1.82) is 0 Å². The molecule has 0 saturated carbocycles. The van der Waals surface area contributed by atoms with Crippen LogP contribution in [0.3, 0.4) is 0 Å². The van der Waals surface area contributed by atoms with Gasteiger partial charge in [0, 0.05) is 21.4 Å². The third-order valence-corrected chi connectivity index (χ3v) is 4.39. The number of hydrogen-bond donors (Lipinski definition) is 3. The molecule has 2 aromatic carbocycles. The molecule has 0 fully saturated rings. The molecule has 5 nitrogen and oxygen atoms in total. The Labute approximate surface area is 165 Å². The van der Waals surface area contributed by atoms with Crippen LogP contribution in [0.1, 0.15) is 30.1 Å². The summed E-state index contributed by atoms with van der Waals surface area (Å²) in [6.45, 7) is 1.96. The van der Waals surface area contributed by atoms with Crippen LogP contribution >= 0.6 is 34.8 Å². The molecule has 0 aliphatic carbocycles. The molecule has 0 aromatic heterocycles. The minimum atomic E-state index is -0.258. The Morgan fingerprint density at radius 3 is 2.20 bits per heavy atom. The predicted molar refractivity (Wildman–Crippen MR) is 113 cm³/mol. The number of hydrogen-bond acceptors (Lipinski definition) is 3. The summed E-state index contributed by atoms with van der Waals surface area (Å²) < 4.78 is 0.854. The fraction of sp³-hybridized carbons (Fsp3) is 0.167. The molecule has 2 rings (SSSR count). The van der Waals surface area contributed by atoms with Crippen molar-refractivity contribution < 1.29 is 9.59 Å². The fourth-order valence-corrected chi connectivity index (χ4v) is 2.91. The van der Waals surface area contributed by atoms with Crippen LogP contribution in [-0.4, -0.2) is 16.9 Å². The van der Waals surface area contributed by atoms with Gasteiger partial charge in [-0.15, -0.1) is 0 Å².